The molecule has 3 unspecified atom stereocenters. The molecule has 1 saturated heterocycles. The molecule has 4 rings (SSSR count). The predicted octanol–water partition coefficient (Wildman–Crippen LogP) is 1.69. The van der Waals surface area contributed by atoms with Crippen LogP contribution in [-0.4, -0.2) is 83.9 Å². The van der Waals surface area contributed by atoms with Crippen LogP contribution >= 0.6 is 0 Å². The number of rotatable bonds is 11. The highest BCUT2D eigenvalue weighted by molar-refractivity contribution is 6.05. The topological polar surface area (TPSA) is 236 Å². The summed E-state index contributed by atoms with van der Waals surface area (Å²) in [5.74, 6) is -6.88. The summed E-state index contributed by atoms with van der Waals surface area (Å²) in [6.07, 6.45) is -4.48. The second-order valence-corrected chi connectivity index (χ2v) is 11.8. The van der Waals surface area contributed by atoms with Crippen LogP contribution in [0.15, 0.2) is 47.7 Å². The molecule has 1 aliphatic heterocycles. The molecule has 20 heteroatoms. The van der Waals surface area contributed by atoms with Gasteiger partial charge in [-0.25, -0.2) is 19.0 Å². The lowest BCUT2D eigenvalue weighted by Crippen LogP contribution is -2.41. The smallest absolute Gasteiger partial charge is 0.412 e. The molecule has 3 atom stereocenters. The number of hydrogen-bond donors (Lipinski definition) is 6. The largest absolute Gasteiger partial charge is 0.444 e. The Morgan fingerprint density at radius 2 is 1.74 bits per heavy atom. The lowest BCUT2D eigenvalue weighted by atomic mass is 10.1. The summed E-state index contributed by atoms with van der Waals surface area (Å²) in [6.45, 7) is 3.92. The van der Waals surface area contributed by atoms with Gasteiger partial charge in [-0.2, -0.15) is 13.8 Å². The van der Waals surface area contributed by atoms with E-state index in [1.165, 1.54) is 12.3 Å². The summed E-state index contributed by atoms with van der Waals surface area (Å²) in [5.41, 5.74) is -1.92. The normalized spacial score (nSPS) is 18.2. The van der Waals surface area contributed by atoms with Crippen molar-refractivity contribution in [3.05, 3.63) is 70.5 Å². The number of nitrogens with zero attached hydrogens (tertiary/aromatic N) is 4. The van der Waals surface area contributed by atoms with Gasteiger partial charge < -0.3 is 35.6 Å². The van der Waals surface area contributed by atoms with Gasteiger partial charge in [0.2, 0.25) is 18.0 Å². The Labute approximate surface area is 281 Å². The Balaban J connectivity index is 1.24. The molecule has 17 nitrogen and oxygen atoms in total. The number of aromatic nitrogens is 4. The number of carbonyl (C=O) groups excluding carboxylic acids is 4. The maximum atomic E-state index is 14.3. The number of aliphatic hydroxyl groups is 2. The highest BCUT2D eigenvalue weighted by Gasteiger charge is 2.59. The predicted molar refractivity (Wildman–Crippen MR) is 166 cm³/mol. The van der Waals surface area contributed by atoms with Gasteiger partial charge in [-0.3, -0.25) is 29.3 Å². The Kier molecular flexibility index (Phi) is 11.5. The maximum Gasteiger partial charge on any atom is 0.412 e. The molecule has 0 spiro atoms. The lowest BCUT2D eigenvalue weighted by Gasteiger charge is -2.21. The van der Waals surface area contributed by atoms with Crippen molar-refractivity contribution in [1.29, 1.82) is 0 Å². The Bertz CT molecular complexity index is 1800. The summed E-state index contributed by atoms with van der Waals surface area (Å²) in [7, 11) is 0. The highest BCUT2D eigenvalue weighted by atomic mass is 19.3. The molecule has 0 aliphatic carbocycles. The molecule has 3 aromatic rings. The number of benzene rings is 1. The fourth-order valence-corrected chi connectivity index (χ4v) is 4.38. The highest BCUT2D eigenvalue weighted by Crippen LogP contribution is 2.42. The number of hydrogen-bond acceptors (Lipinski definition) is 12. The van der Waals surface area contributed by atoms with E-state index in [2.05, 4.69) is 36.2 Å². The van der Waals surface area contributed by atoms with Crippen LogP contribution in [0.25, 0.3) is 0 Å². The van der Waals surface area contributed by atoms with Crippen molar-refractivity contribution in [1.82, 2.24) is 24.8 Å². The zero-order chi connectivity index (χ0) is 36.8. The number of carbonyl (C=O) groups is 4. The Morgan fingerprint density at radius 1 is 1.02 bits per heavy atom. The van der Waals surface area contributed by atoms with E-state index >= 15 is 0 Å². The first-order chi connectivity index (χ1) is 23.5. The van der Waals surface area contributed by atoms with Gasteiger partial charge >= 0.3 is 17.7 Å². The number of anilines is 3. The van der Waals surface area contributed by atoms with Crippen LogP contribution < -0.4 is 27.0 Å². The minimum atomic E-state index is -3.90. The molecule has 0 radical (unpaired) electrons. The van der Waals surface area contributed by atoms with Crippen LogP contribution in [0.3, 0.4) is 0 Å². The fraction of sp³-hybridized carbons (Fsp3) is 0.400. The Hall–Kier alpha value is -5.47. The molecule has 0 bridgehead atoms. The molecule has 1 aromatic carbocycles. The van der Waals surface area contributed by atoms with Crippen molar-refractivity contribution in [3.8, 4) is 0 Å². The first-order valence-electron chi connectivity index (χ1n) is 14.9. The number of ether oxygens (including phenoxy) is 2. The fourth-order valence-electron chi connectivity index (χ4n) is 4.38. The minimum Gasteiger partial charge on any atom is -0.444 e. The van der Waals surface area contributed by atoms with E-state index in [-0.39, 0.29) is 48.0 Å². The quantitative estimate of drug-likeness (QED) is 0.167. The van der Waals surface area contributed by atoms with Crippen molar-refractivity contribution >= 4 is 41.0 Å². The van der Waals surface area contributed by atoms with E-state index in [0.717, 1.165) is 30.6 Å². The number of nitrogens with one attached hydrogen (secondary N) is 4. The van der Waals surface area contributed by atoms with Crippen LogP contribution in [0.2, 0.25) is 0 Å². The van der Waals surface area contributed by atoms with Crippen LogP contribution in [0.1, 0.15) is 56.0 Å². The molecule has 6 N–H and O–H groups in total. The van der Waals surface area contributed by atoms with E-state index in [9.17, 15) is 42.3 Å². The molecule has 50 heavy (non-hydrogen) atoms. The van der Waals surface area contributed by atoms with Gasteiger partial charge in [-0.1, -0.05) is 0 Å². The van der Waals surface area contributed by atoms with Crippen molar-refractivity contribution < 1.29 is 52.0 Å². The zero-order valence-corrected chi connectivity index (χ0v) is 26.8. The van der Waals surface area contributed by atoms with Crippen molar-refractivity contribution in [3.63, 3.8) is 0 Å². The maximum absolute atomic E-state index is 14.3. The van der Waals surface area contributed by atoms with Gasteiger partial charge in [-0.15, -0.1) is 0 Å². The second-order valence-electron chi connectivity index (χ2n) is 11.8. The number of amides is 4. The van der Waals surface area contributed by atoms with Gasteiger partial charge in [0.05, 0.1) is 42.6 Å². The standard InChI is InChI=1S/C30H33F3N8O9/c1-29(2,3)50-28(48)38-18-10-15(31)4-5-17(18)37-25(46)19-13-34-16(11-35-19)12-36-22(43)6-7-23(44)39-21-8-9-41(27(47)40-21)26-30(32,33)24(45)20(14-42)49-26/h4-5,8-11,13,20,24,26,42,45H,6-7,12,14H2,1-3H3,(H,36,43)(H,37,46)(H,38,48)(H,39,40,44,47). The third kappa shape index (κ3) is 9.57. The van der Waals surface area contributed by atoms with E-state index < -0.39 is 71.9 Å². The molecule has 268 valence electrons. The SMILES string of the molecule is CC(C)(C)OC(=O)Nc1cc(F)ccc1NC(=O)c1cnc(CNC(=O)CCC(=O)Nc2ccn(C3OC(CO)C(O)C3(F)F)c(=O)n2)cn1. The molecule has 4 amide bonds. The lowest BCUT2D eigenvalue weighted by molar-refractivity contribution is -0.141. The summed E-state index contributed by atoms with van der Waals surface area (Å²) in [4.78, 5) is 73.4. The molecular weight excluding hydrogens is 673 g/mol. The molecule has 1 aliphatic rings. The summed E-state index contributed by atoms with van der Waals surface area (Å²) >= 11 is 0. The van der Waals surface area contributed by atoms with Gasteiger partial charge in [0.25, 0.3) is 5.91 Å². The van der Waals surface area contributed by atoms with E-state index in [0.29, 0.717) is 4.57 Å². The Morgan fingerprint density at radius 3 is 2.36 bits per heavy atom. The summed E-state index contributed by atoms with van der Waals surface area (Å²) in [5, 5.41) is 28.4. The van der Waals surface area contributed by atoms with E-state index in [4.69, 9.17) is 14.6 Å². The molecular formula is C30H33F3N8O9. The van der Waals surface area contributed by atoms with E-state index in [1.807, 2.05) is 0 Å². The average molecular weight is 707 g/mol. The van der Waals surface area contributed by atoms with Crippen molar-refractivity contribution in [2.24, 2.45) is 0 Å². The van der Waals surface area contributed by atoms with Crippen LogP contribution in [-0.2, 0) is 25.6 Å². The van der Waals surface area contributed by atoms with Crippen molar-refractivity contribution in [2.75, 3.05) is 22.6 Å². The number of halogens is 3. The van der Waals surface area contributed by atoms with Gasteiger partial charge in [-0.05, 0) is 45.0 Å². The van der Waals surface area contributed by atoms with Gasteiger partial charge in [0.1, 0.15) is 29.0 Å². The average Bonchev–Trinajstić information content (AvgIpc) is 3.26. The van der Waals surface area contributed by atoms with Gasteiger partial charge in [0, 0.05) is 19.0 Å². The third-order valence-corrected chi connectivity index (χ3v) is 6.76. The monoisotopic (exact) mass is 706 g/mol. The second kappa shape index (κ2) is 15.4. The van der Waals surface area contributed by atoms with Crippen LogP contribution in [0.4, 0.5) is 35.2 Å². The number of alkyl halides is 2. The molecule has 0 saturated carbocycles. The first kappa shape index (κ1) is 37.4. The molecule has 3 heterocycles. The van der Waals surface area contributed by atoms with Crippen LogP contribution in [0.5, 0.6) is 0 Å². The summed E-state index contributed by atoms with van der Waals surface area (Å²) < 4.78 is 53.0. The molecule has 1 fully saturated rings. The van der Waals surface area contributed by atoms with Crippen LogP contribution in [0, 0.1) is 5.82 Å². The first-order valence-corrected chi connectivity index (χ1v) is 14.9. The van der Waals surface area contributed by atoms with E-state index in [1.54, 1.807) is 20.8 Å². The third-order valence-electron chi connectivity index (χ3n) is 6.76. The minimum absolute atomic E-state index is 0.0576. The van der Waals surface area contributed by atoms with Crippen molar-refractivity contribution in [2.45, 2.75) is 70.1 Å². The zero-order valence-electron chi connectivity index (χ0n) is 26.8. The number of aliphatic hydroxyl groups excluding tert-OH is 2. The molecule has 2 aromatic heterocycles. The van der Waals surface area contributed by atoms with Gasteiger partial charge in [0.15, 0.2) is 6.10 Å². The summed E-state index contributed by atoms with van der Waals surface area (Å²) in [6, 6.07) is 4.35.